The molecule has 0 aliphatic carbocycles. The van der Waals surface area contributed by atoms with Crippen molar-refractivity contribution >= 4 is 29.5 Å². The molecular weight excluding hydrogens is 480 g/mol. The highest BCUT2D eigenvalue weighted by Gasteiger charge is 2.63. The van der Waals surface area contributed by atoms with E-state index in [1.54, 1.807) is 6.92 Å². The summed E-state index contributed by atoms with van der Waals surface area (Å²) in [4.78, 5) is 45.0. The van der Waals surface area contributed by atoms with Crippen LogP contribution in [0.5, 0.6) is 0 Å². The van der Waals surface area contributed by atoms with Crippen molar-refractivity contribution in [2.45, 2.75) is 75.8 Å². The Labute approximate surface area is 217 Å². The normalized spacial score (nSPS) is 36.4. The lowest BCUT2D eigenvalue weighted by Crippen LogP contribution is -2.67. The number of β-lactam (4-membered cyclic amide) rings is 1. The van der Waals surface area contributed by atoms with Gasteiger partial charge in [0.1, 0.15) is 5.70 Å². The zero-order valence-electron chi connectivity index (χ0n) is 21.6. The first-order chi connectivity index (χ1) is 17.1. The summed E-state index contributed by atoms with van der Waals surface area (Å²) in [5.74, 6) is -1.45. The molecule has 0 aromatic rings. The first-order valence-electron chi connectivity index (χ1n) is 13.6. The Morgan fingerprint density at radius 2 is 1.94 bits per heavy atom. The Morgan fingerprint density at radius 3 is 2.61 bits per heavy atom. The second kappa shape index (κ2) is 9.93. The van der Waals surface area contributed by atoms with Gasteiger partial charge in [-0.2, -0.15) is 0 Å². The number of hydrogen-bond acceptors (Lipinski definition) is 7. The number of aliphatic hydroxyl groups is 1. The van der Waals surface area contributed by atoms with Crippen LogP contribution in [-0.4, -0.2) is 105 Å². The zero-order chi connectivity index (χ0) is 25.8. The van der Waals surface area contributed by atoms with Gasteiger partial charge < -0.3 is 30.2 Å². The molecule has 4 saturated heterocycles. The van der Waals surface area contributed by atoms with Gasteiger partial charge in [0.2, 0.25) is 11.8 Å². The van der Waals surface area contributed by atoms with E-state index in [0.717, 1.165) is 26.1 Å². The molecule has 5 aliphatic rings. The Bertz CT molecular complexity index is 949. The number of carbonyl (C=O) groups is 3. The van der Waals surface area contributed by atoms with Crippen molar-refractivity contribution in [2.75, 3.05) is 39.3 Å². The Morgan fingerprint density at radius 1 is 1.22 bits per heavy atom. The van der Waals surface area contributed by atoms with Gasteiger partial charge in [-0.05, 0) is 58.0 Å². The van der Waals surface area contributed by atoms with E-state index < -0.39 is 17.5 Å². The monoisotopic (exact) mass is 520 g/mol. The minimum absolute atomic E-state index is 0.0599. The minimum Gasteiger partial charge on any atom is -0.477 e. The molecule has 36 heavy (non-hydrogen) atoms. The number of aliphatic carboxylic acids is 1. The quantitative estimate of drug-likeness (QED) is 0.411. The van der Waals surface area contributed by atoms with E-state index in [1.807, 2.05) is 18.7 Å². The van der Waals surface area contributed by atoms with E-state index in [-0.39, 0.29) is 40.8 Å². The van der Waals surface area contributed by atoms with Crippen LogP contribution in [0.4, 0.5) is 0 Å². The molecule has 10 heteroatoms. The van der Waals surface area contributed by atoms with Crippen molar-refractivity contribution in [3.63, 3.8) is 0 Å². The summed E-state index contributed by atoms with van der Waals surface area (Å²) in [7, 11) is 0. The summed E-state index contributed by atoms with van der Waals surface area (Å²) in [5, 5.41) is 24.2. The third-order valence-electron chi connectivity index (χ3n) is 9.13. The maximum absolute atomic E-state index is 13.2. The average molecular weight is 521 g/mol. The third kappa shape index (κ3) is 4.48. The number of amides is 2. The molecule has 0 aromatic heterocycles. The Hall–Kier alpha value is -1.62. The van der Waals surface area contributed by atoms with E-state index in [4.69, 9.17) is 0 Å². The number of carboxylic acid groups (broad SMARTS) is 1. The van der Waals surface area contributed by atoms with Gasteiger partial charge >= 0.3 is 5.97 Å². The number of thioether (sulfide) groups is 1. The van der Waals surface area contributed by atoms with Crippen LogP contribution in [0.15, 0.2) is 10.6 Å². The minimum atomic E-state index is -1.16. The molecule has 0 radical (unpaired) electrons. The standard InChI is InChI=1S/C26H40N4O5S/c1-4-26(3,35)19-20-15(2)22(21(25(33)34)30(20)24(19)32)36-17-11-18(27-12-17)23(31)29-10-7-16(14-29)13-28-8-5-6-9-28/h15-20,27,35H,4-14H2,1-3H3,(H,33,34)/t15?,16-,17?,18?,19?,20?,26?/m1/s1. The number of nitrogens with zero attached hydrogens (tertiary/aromatic N) is 3. The Balaban J connectivity index is 1.20. The molecule has 5 rings (SSSR count). The van der Waals surface area contributed by atoms with Crippen LogP contribution in [0.25, 0.3) is 0 Å². The summed E-state index contributed by atoms with van der Waals surface area (Å²) in [6, 6.07) is -0.573. The fraction of sp³-hybridized carbons (Fsp3) is 0.808. The van der Waals surface area contributed by atoms with Crippen LogP contribution in [0.2, 0.25) is 0 Å². The van der Waals surface area contributed by atoms with Crippen LogP contribution in [-0.2, 0) is 14.4 Å². The van der Waals surface area contributed by atoms with E-state index >= 15 is 0 Å². The van der Waals surface area contributed by atoms with Crippen molar-refractivity contribution in [1.82, 2.24) is 20.0 Å². The molecule has 0 spiro atoms. The highest BCUT2D eigenvalue weighted by Crippen LogP contribution is 2.54. The third-order valence-corrected chi connectivity index (χ3v) is 10.6. The first kappa shape index (κ1) is 26.0. The van der Waals surface area contributed by atoms with Gasteiger partial charge in [-0.15, -0.1) is 11.8 Å². The molecule has 0 saturated carbocycles. The largest absolute Gasteiger partial charge is 0.477 e. The lowest BCUT2D eigenvalue weighted by Gasteiger charge is -2.50. The number of likely N-dealkylation sites (tertiary alicyclic amines) is 2. The van der Waals surface area contributed by atoms with Crippen molar-refractivity contribution in [1.29, 1.82) is 0 Å². The lowest BCUT2D eigenvalue weighted by molar-refractivity contribution is -0.174. The van der Waals surface area contributed by atoms with Crippen LogP contribution >= 0.6 is 11.8 Å². The maximum Gasteiger partial charge on any atom is 0.353 e. The smallest absolute Gasteiger partial charge is 0.353 e. The summed E-state index contributed by atoms with van der Waals surface area (Å²) >= 11 is 1.50. The SMILES string of the molecule is CCC(C)(O)C1C(=O)N2C(C(=O)O)=C(SC3CNC(C(=O)N4CC[C@H](CN5CCCC5)C4)C3)C(C)C12. The molecule has 7 atom stereocenters. The molecule has 4 fully saturated rings. The second-order valence-corrected chi connectivity index (χ2v) is 12.9. The van der Waals surface area contributed by atoms with Gasteiger partial charge in [0.25, 0.3) is 0 Å². The highest BCUT2D eigenvalue weighted by molar-refractivity contribution is 8.03. The lowest BCUT2D eigenvalue weighted by atomic mass is 9.71. The second-order valence-electron chi connectivity index (χ2n) is 11.6. The number of rotatable bonds is 8. The van der Waals surface area contributed by atoms with Crippen molar-refractivity contribution < 1.29 is 24.6 Å². The molecule has 0 bridgehead atoms. The van der Waals surface area contributed by atoms with Crippen molar-refractivity contribution in [3.05, 3.63) is 10.6 Å². The summed E-state index contributed by atoms with van der Waals surface area (Å²) < 4.78 is 0. The highest BCUT2D eigenvalue weighted by atomic mass is 32.2. The molecule has 2 amide bonds. The predicted octanol–water partition coefficient (Wildman–Crippen LogP) is 1.33. The summed E-state index contributed by atoms with van der Waals surface area (Å²) in [6.45, 7) is 11.2. The molecule has 5 aliphatic heterocycles. The molecule has 3 N–H and O–H groups in total. The number of fused-ring (bicyclic) bond motifs is 1. The van der Waals surface area contributed by atoms with Crippen LogP contribution < -0.4 is 5.32 Å². The first-order valence-corrected chi connectivity index (χ1v) is 14.4. The number of carboxylic acids is 1. The molecular formula is C26H40N4O5S. The summed E-state index contributed by atoms with van der Waals surface area (Å²) in [6.07, 6.45) is 4.70. The molecule has 200 valence electrons. The zero-order valence-corrected chi connectivity index (χ0v) is 22.4. The molecule has 6 unspecified atom stereocenters. The molecule has 5 heterocycles. The predicted molar refractivity (Wildman–Crippen MR) is 137 cm³/mol. The van der Waals surface area contributed by atoms with Gasteiger partial charge in [0.15, 0.2) is 0 Å². The Kier molecular flexibility index (Phi) is 7.17. The van der Waals surface area contributed by atoms with Crippen molar-refractivity contribution in [2.24, 2.45) is 17.8 Å². The average Bonchev–Trinajstić information content (AvgIpc) is 3.63. The van der Waals surface area contributed by atoms with Gasteiger partial charge in [-0.3, -0.25) is 9.59 Å². The number of carbonyl (C=O) groups excluding carboxylic acids is 2. The number of hydrogen-bond donors (Lipinski definition) is 3. The molecule has 0 aromatic carbocycles. The summed E-state index contributed by atoms with van der Waals surface area (Å²) in [5.41, 5.74) is -1.10. The fourth-order valence-corrected chi connectivity index (χ4v) is 8.37. The van der Waals surface area contributed by atoms with E-state index in [1.165, 1.54) is 42.6 Å². The maximum atomic E-state index is 13.2. The van der Waals surface area contributed by atoms with Gasteiger partial charge in [-0.25, -0.2) is 4.79 Å². The number of nitrogens with one attached hydrogen (secondary N) is 1. The molecule has 9 nitrogen and oxygen atoms in total. The van der Waals surface area contributed by atoms with Crippen molar-refractivity contribution in [3.8, 4) is 0 Å². The van der Waals surface area contributed by atoms with Crippen LogP contribution in [0.1, 0.15) is 52.9 Å². The van der Waals surface area contributed by atoms with Gasteiger partial charge in [0, 0.05) is 42.3 Å². The fourth-order valence-electron chi connectivity index (χ4n) is 6.89. The van der Waals surface area contributed by atoms with Gasteiger partial charge in [0.05, 0.1) is 23.6 Å². The van der Waals surface area contributed by atoms with Crippen LogP contribution in [0, 0.1) is 17.8 Å². The topological polar surface area (TPSA) is 113 Å². The van der Waals surface area contributed by atoms with E-state index in [9.17, 15) is 24.6 Å². The van der Waals surface area contributed by atoms with Gasteiger partial charge in [-0.1, -0.05) is 13.8 Å². The van der Waals surface area contributed by atoms with Crippen LogP contribution in [0.3, 0.4) is 0 Å². The van der Waals surface area contributed by atoms with E-state index in [0.29, 0.717) is 30.2 Å². The van der Waals surface area contributed by atoms with E-state index in [2.05, 4.69) is 10.2 Å².